The van der Waals surface area contributed by atoms with E-state index in [1.54, 1.807) is 6.26 Å². The number of nitrogens with one attached hydrogen (secondary N) is 2. The first-order valence-electron chi connectivity index (χ1n) is 13.7. The van der Waals surface area contributed by atoms with E-state index in [1.165, 1.54) is 25.7 Å². The Morgan fingerprint density at radius 2 is 2.00 bits per heavy atom. The second-order valence-electron chi connectivity index (χ2n) is 12.3. The molecule has 0 saturated heterocycles. The molecule has 1 aromatic rings. The van der Waals surface area contributed by atoms with Crippen LogP contribution >= 0.6 is 0 Å². The smallest absolute Gasteiger partial charge is 0.185 e. The number of aliphatic hydroxyl groups is 1. The molecule has 0 bridgehead atoms. The van der Waals surface area contributed by atoms with Crippen LogP contribution in [0.25, 0.3) is 0 Å². The molecule has 0 aliphatic heterocycles. The summed E-state index contributed by atoms with van der Waals surface area (Å²) in [6.45, 7) is 6.44. The number of ether oxygens (including phenoxy) is 1. The lowest BCUT2D eigenvalue weighted by atomic mass is 9.43. The van der Waals surface area contributed by atoms with Gasteiger partial charge in [0.15, 0.2) is 5.96 Å². The monoisotopic (exact) mass is 471 g/mol. The zero-order valence-electron chi connectivity index (χ0n) is 21.2. The highest BCUT2D eigenvalue weighted by Crippen LogP contribution is 2.70. The molecule has 190 valence electrons. The van der Waals surface area contributed by atoms with E-state index in [2.05, 4.69) is 25.2 Å². The minimum atomic E-state index is -0.567. The molecule has 5 N–H and O–H groups in total. The summed E-state index contributed by atoms with van der Waals surface area (Å²) in [6, 6.07) is 4.12. The van der Waals surface area contributed by atoms with Gasteiger partial charge in [-0.15, -0.1) is 0 Å². The van der Waals surface area contributed by atoms with Crippen molar-refractivity contribution in [3.8, 4) is 0 Å². The van der Waals surface area contributed by atoms with E-state index in [0.29, 0.717) is 35.2 Å². The molecule has 4 aliphatic carbocycles. The molecule has 0 aromatic carbocycles. The second kappa shape index (κ2) is 9.16. The van der Waals surface area contributed by atoms with Crippen LogP contribution in [0.2, 0.25) is 0 Å². The van der Waals surface area contributed by atoms with Crippen LogP contribution in [0.5, 0.6) is 0 Å². The van der Waals surface area contributed by atoms with Gasteiger partial charge in [-0.25, -0.2) is 0 Å². The van der Waals surface area contributed by atoms with E-state index in [0.717, 1.165) is 63.9 Å². The van der Waals surface area contributed by atoms with Crippen molar-refractivity contribution in [1.29, 1.82) is 5.41 Å². The lowest BCUT2D eigenvalue weighted by Gasteiger charge is -2.63. The van der Waals surface area contributed by atoms with Crippen LogP contribution in [0, 0.1) is 34.0 Å². The predicted molar refractivity (Wildman–Crippen MR) is 134 cm³/mol. The third-order valence-corrected chi connectivity index (χ3v) is 10.9. The SMILES string of the molecule is C[C@]12CC[C@H](OCCCCNC(=N)N)C[C@H]1CC[C@@H]1[C@@H]2CC[C@]2(C)[C@@H](c3ccco3)CC[C@]12O. The first kappa shape index (κ1) is 24.2. The number of rotatable bonds is 7. The fourth-order valence-electron chi connectivity index (χ4n) is 8.98. The Morgan fingerprint density at radius 1 is 1.15 bits per heavy atom. The molecule has 8 atom stereocenters. The van der Waals surface area contributed by atoms with E-state index in [-0.39, 0.29) is 11.4 Å². The fraction of sp³-hybridized carbons (Fsp3) is 0.821. The third-order valence-electron chi connectivity index (χ3n) is 10.9. The topological polar surface area (TPSA) is 104 Å². The maximum absolute atomic E-state index is 12.3. The van der Waals surface area contributed by atoms with E-state index >= 15 is 0 Å². The van der Waals surface area contributed by atoms with Crippen LogP contribution in [0.1, 0.15) is 96.2 Å². The Hall–Kier alpha value is -1.53. The summed E-state index contributed by atoms with van der Waals surface area (Å²) in [7, 11) is 0. The third kappa shape index (κ3) is 3.89. The second-order valence-corrected chi connectivity index (χ2v) is 12.3. The zero-order valence-corrected chi connectivity index (χ0v) is 21.2. The standard InChI is InChI=1S/C28H45N3O3/c1-26-12-9-20(33-16-4-3-15-31-25(29)30)18-19(26)7-8-22-21(26)10-13-27(2)23(11-14-28(22,27)32)24-6-5-17-34-24/h5-6,17,19-23,32H,3-4,7-16,18H2,1-2H3,(H4,29,30,31)/t19-,20+,21+,22-,23-,26+,27-,28+/m1/s1. The first-order valence-corrected chi connectivity index (χ1v) is 13.7. The van der Waals surface area contributed by atoms with Crippen LogP contribution in [0.4, 0.5) is 0 Å². The van der Waals surface area contributed by atoms with Gasteiger partial charge in [-0.1, -0.05) is 13.8 Å². The average Bonchev–Trinajstić information content (AvgIpc) is 3.42. The highest BCUT2D eigenvalue weighted by atomic mass is 16.5. The van der Waals surface area contributed by atoms with Crippen LogP contribution in [-0.2, 0) is 4.74 Å². The first-order chi connectivity index (χ1) is 16.3. The maximum atomic E-state index is 12.3. The van der Waals surface area contributed by atoms with E-state index in [9.17, 15) is 5.11 Å². The number of fused-ring (bicyclic) bond motifs is 5. The molecule has 4 saturated carbocycles. The van der Waals surface area contributed by atoms with Crippen molar-refractivity contribution in [3.63, 3.8) is 0 Å². The van der Waals surface area contributed by atoms with E-state index < -0.39 is 5.60 Å². The molecular weight excluding hydrogens is 426 g/mol. The number of hydrogen-bond donors (Lipinski definition) is 4. The van der Waals surface area contributed by atoms with Crippen LogP contribution < -0.4 is 11.1 Å². The number of nitrogens with two attached hydrogens (primary N) is 1. The van der Waals surface area contributed by atoms with Crippen LogP contribution in [0.3, 0.4) is 0 Å². The number of guanidine groups is 1. The maximum Gasteiger partial charge on any atom is 0.185 e. The molecule has 4 aliphatic rings. The normalized spacial score (nSPS) is 43.6. The lowest BCUT2D eigenvalue weighted by Crippen LogP contribution is -2.62. The van der Waals surface area contributed by atoms with E-state index in [4.69, 9.17) is 20.3 Å². The van der Waals surface area contributed by atoms with Gasteiger partial charge in [0.05, 0.1) is 18.0 Å². The fourth-order valence-corrected chi connectivity index (χ4v) is 8.98. The zero-order chi connectivity index (χ0) is 24.0. The molecule has 0 amide bonds. The lowest BCUT2D eigenvalue weighted by molar-refractivity contribution is -0.207. The molecular formula is C28H45N3O3. The molecule has 0 radical (unpaired) electrons. The molecule has 0 spiro atoms. The molecule has 0 unspecified atom stereocenters. The highest BCUT2D eigenvalue weighted by Gasteiger charge is 2.67. The summed E-state index contributed by atoms with van der Waals surface area (Å²) in [5.41, 5.74) is 5.02. The highest BCUT2D eigenvalue weighted by molar-refractivity contribution is 5.74. The van der Waals surface area contributed by atoms with Crippen molar-refractivity contribution in [2.75, 3.05) is 13.2 Å². The Balaban J connectivity index is 1.21. The number of hydrogen-bond acceptors (Lipinski definition) is 4. The summed E-state index contributed by atoms with van der Waals surface area (Å²) in [5.74, 6) is 3.21. The van der Waals surface area contributed by atoms with Crippen LogP contribution in [0.15, 0.2) is 22.8 Å². The minimum absolute atomic E-state index is 0.0462. The van der Waals surface area contributed by atoms with Gasteiger partial charge in [-0.3, -0.25) is 5.41 Å². The van der Waals surface area contributed by atoms with Crippen molar-refractivity contribution in [2.45, 2.75) is 102 Å². The summed E-state index contributed by atoms with van der Waals surface area (Å²) in [5, 5.41) is 22.4. The Morgan fingerprint density at radius 3 is 2.76 bits per heavy atom. The van der Waals surface area contributed by atoms with Crippen molar-refractivity contribution >= 4 is 5.96 Å². The van der Waals surface area contributed by atoms with Crippen LogP contribution in [-0.4, -0.2) is 35.9 Å². The van der Waals surface area contributed by atoms with Gasteiger partial charge in [0.1, 0.15) is 5.76 Å². The van der Waals surface area contributed by atoms with Crippen molar-refractivity contribution in [1.82, 2.24) is 5.32 Å². The average molecular weight is 472 g/mol. The molecule has 1 aromatic heterocycles. The Kier molecular flexibility index (Phi) is 6.52. The van der Waals surface area contributed by atoms with Gasteiger partial charge < -0.3 is 25.3 Å². The quantitative estimate of drug-likeness (QED) is 0.249. The van der Waals surface area contributed by atoms with Gasteiger partial charge in [0, 0.05) is 24.5 Å². The van der Waals surface area contributed by atoms with Crippen molar-refractivity contribution in [2.24, 2.45) is 34.3 Å². The minimum Gasteiger partial charge on any atom is -0.469 e. The van der Waals surface area contributed by atoms with E-state index in [1.807, 2.05) is 6.07 Å². The number of furan rings is 1. The molecule has 1 heterocycles. The molecule has 5 rings (SSSR count). The predicted octanol–water partition coefficient (Wildman–Crippen LogP) is 5.17. The van der Waals surface area contributed by atoms with Gasteiger partial charge in [-0.2, -0.15) is 0 Å². The van der Waals surface area contributed by atoms with Gasteiger partial charge >= 0.3 is 0 Å². The molecule has 4 fully saturated rings. The van der Waals surface area contributed by atoms with Crippen molar-refractivity contribution in [3.05, 3.63) is 24.2 Å². The Bertz CT molecular complexity index is 859. The molecule has 6 nitrogen and oxygen atoms in total. The molecule has 6 heteroatoms. The van der Waals surface area contributed by atoms with Gasteiger partial charge in [0.2, 0.25) is 0 Å². The summed E-state index contributed by atoms with van der Waals surface area (Å²) in [4.78, 5) is 0. The summed E-state index contributed by atoms with van der Waals surface area (Å²) >= 11 is 0. The molecule has 34 heavy (non-hydrogen) atoms. The van der Waals surface area contributed by atoms with Gasteiger partial charge in [0.25, 0.3) is 0 Å². The largest absolute Gasteiger partial charge is 0.469 e. The summed E-state index contributed by atoms with van der Waals surface area (Å²) < 4.78 is 12.2. The van der Waals surface area contributed by atoms with Crippen molar-refractivity contribution < 1.29 is 14.3 Å². The summed E-state index contributed by atoms with van der Waals surface area (Å²) in [6.07, 6.45) is 14.4. The Labute approximate surface area is 204 Å². The number of unbranched alkanes of at least 4 members (excludes halogenated alkanes) is 1. The van der Waals surface area contributed by atoms with Gasteiger partial charge in [-0.05, 0) is 106 Å².